The molecule has 0 nitrogen and oxygen atoms in total. The Labute approximate surface area is 208 Å². The van der Waals surface area contributed by atoms with E-state index in [1.807, 2.05) is 0 Å². The molecule has 3 aromatic rings. The van der Waals surface area contributed by atoms with Gasteiger partial charge in [-0.3, -0.25) is 0 Å². The molecule has 0 saturated heterocycles. The standard InChI is InChI=1S/C34H44/c1-5-13-23-27-17-9-10-18-28(27)24(14-6-2)32-22-34-26(16-8-4)30-20-12-11-19-29(30)25(15-7-3)33(34)21-31(23)32/h9-10,17-18H,5-8,11-16,19-22H2,1-4H3. The quantitative estimate of drug-likeness (QED) is 0.250. The first-order valence-corrected chi connectivity index (χ1v) is 14.4. The fourth-order valence-electron chi connectivity index (χ4n) is 7.38. The predicted molar refractivity (Wildman–Crippen MR) is 149 cm³/mol. The van der Waals surface area contributed by atoms with E-state index in [0.717, 1.165) is 0 Å². The van der Waals surface area contributed by atoms with E-state index in [9.17, 15) is 0 Å². The first-order valence-electron chi connectivity index (χ1n) is 14.4. The Bertz CT molecular complexity index is 1100. The Balaban J connectivity index is 1.81. The molecule has 0 aromatic heterocycles. The summed E-state index contributed by atoms with van der Waals surface area (Å²) >= 11 is 0. The highest BCUT2D eigenvalue weighted by Crippen LogP contribution is 2.44. The van der Waals surface area contributed by atoms with Gasteiger partial charge in [0.2, 0.25) is 0 Å². The molecule has 0 saturated carbocycles. The molecule has 2 aliphatic rings. The van der Waals surface area contributed by atoms with E-state index in [1.54, 1.807) is 66.4 Å². The zero-order chi connectivity index (χ0) is 23.7. The second kappa shape index (κ2) is 10.3. The lowest BCUT2D eigenvalue weighted by Crippen LogP contribution is -2.22. The second-order valence-corrected chi connectivity index (χ2v) is 10.9. The predicted octanol–water partition coefficient (Wildman–Crippen LogP) is 9.02. The molecule has 0 heterocycles. The maximum atomic E-state index is 2.41. The van der Waals surface area contributed by atoms with Gasteiger partial charge in [0.15, 0.2) is 0 Å². The number of aryl methyl sites for hydroxylation is 2. The van der Waals surface area contributed by atoms with Crippen LogP contribution >= 0.6 is 0 Å². The molecule has 34 heavy (non-hydrogen) atoms. The first kappa shape index (κ1) is 23.7. The average Bonchev–Trinajstić information content (AvgIpc) is 2.87. The van der Waals surface area contributed by atoms with Crippen LogP contribution in [0.2, 0.25) is 0 Å². The van der Waals surface area contributed by atoms with Crippen LogP contribution in [-0.4, -0.2) is 0 Å². The molecular formula is C34H44. The number of hydrogen-bond acceptors (Lipinski definition) is 0. The van der Waals surface area contributed by atoms with Crippen molar-refractivity contribution in [3.63, 3.8) is 0 Å². The van der Waals surface area contributed by atoms with Crippen LogP contribution in [-0.2, 0) is 51.4 Å². The van der Waals surface area contributed by atoms with Crippen molar-refractivity contribution in [2.24, 2.45) is 0 Å². The lowest BCUT2D eigenvalue weighted by Gasteiger charge is -2.34. The van der Waals surface area contributed by atoms with Crippen molar-refractivity contribution in [1.82, 2.24) is 0 Å². The molecule has 0 amide bonds. The number of fused-ring (bicyclic) bond motifs is 4. The van der Waals surface area contributed by atoms with E-state index in [2.05, 4.69) is 52.0 Å². The molecule has 0 unspecified atom stereocenters. The molecule has 0 heteroatoms. The maximum absolute atomic E-state index is 2.41. The van der Waals surface area contributed by atoms with Crippen LogP contribution in [0.15, 0.2) is 24.3 Å². The van der Waals surface area contributed by atoms with Gasteiger partial charge in [-0.05, 0) is 131 Å². The Morgan fingerprint density at radius 3 is 1.21 bits per heavy atom. The van der Waals surface area contributed by atoms with Gasteiger partial charge in [0, 0.05) is 0 Å². The minimum absolute atomic E-state index is 1.18. The van der Waals surface area contributed by atoms with Crippen molar-refractivity contribution in [2.75, 3.05) is 0 Å². The molecular weight excluding hydrogens is 408 g/mol. The summed E-state index contributed by atoms with van der Waals surface area (Å²) in [4.78, 5) is 0. The van der Waals surface area contributed by atoms with Gasteiger partial charge >= 0.3 is 0 Å². The topological polar surface area (TPSA) is 0 Å². The summed E-state index contributed by atoms with van der Waals surface area (Å²) < 4.78 is 0. The van der Waals surface area contributed by atoms with Crippen LogP contribution < -0.4 is 0 Å². The lowest BCUT2D eigenvalue weighted by molar-refractivity contribution is 0.659. The number of hydrogen-bond donors (Lipinski definition) is 0. The summed E-state index contributed by atoms with van der Waals surface area (Å²) in [6.45, 7) is 9.48. The monoisotopic (exact) mass is 452 g/mol. The smallest absolute Gasteiger partial charge is 0.00141 e. The van der Waals surface area contributed by atoms with E-state index in [4.69, 9.17) is 0 Å². The van der Waals surface area contributed by atoms with Gasteiger partial charge in [-0.2, -0.15) is 0 Å². The fraction of sp³-hybridized carbons (Fsp3) is 0.529. The second-order valence-electron chi connectivity index (χ2n) is 10.9. The number of rotatable bonds is 8. The van der Waals surface area contributed by atoms with Crippen LogP contribution in [0.3, 0.4) is 0 Å². The molecule has 0 fully saturated rings. The summed E-state index contributed by atoms with van der Waals surface area (Å²) in [6.07, 6.45) is 17.7. The van der Waals surface area contributed by atoms with Crippen LogP contribution in [0.5, 0.6) is 0 Å². The van der Waals surface area contributed by atoms with E-state index in [-0.39, 0.29) is 0 Å². The van der Waals surface area contributed by atoms with Gasteiger partial charge in [-0.1, -0.05) is 77.6 Å². The van der Waals surface area contributed by atoms with Gasteiger partial charge in [0.05, 0.1) is 0 Å². The Morgan fingerprint density at radius 1 is 0.471 bits per heavy atom. The van der Waals surface area contributed by atoms with Gasteiger partial charge in [0.25, 0.3) is 0 Å². The summed E-state index contributed by atoms with van der Waals surface area (Å²) in [7, 11) is 0. The highest BCUT2D eigenvalue weighted by atomic mass is 14.3. The minimum atomic E-state index is 1.18. The highest BCUT2D eigenvalue weighted by Gasteiger charge is 2.30. The molecule has 0 spiro atoms. The van der Waals surface area contributed by atoms with Crippen LogP contribution in [0.4, 0.5) is 0 Å². The normalized spacial score (nSPS) is 14.7. The van der Waals surface area contributed by atoms with E-state index in [1.165, 1.54) is 89.9 Å². The molecule has 2 aliphatic carbocycles. The van der Waals surface area contributed by atoms with Gasteiger partial charge in [0.1, 0.15) is 0 Å². The van der Waals surface area contributed by atoms with Crippen molar-refractivity contribution in [2.45, 2.75) is 118 Å². The van der Waals surface area contributed by atoms with Crippen LogP contribution in [0.1, 0.15) is 122 Å². The summed E-state index contributed by atoms with van der Waals surface area (Å²) in [5.41, 5.74) is 17.4. The molecule has 0 radical (unpaired) electrons. The third kappa shape index (κ3) is 3.92. The van der Waals surface area contributed by atoms with Crippen molar-refractivity contribution < 1.29 is 0 Å². The molecule has 0 aliphatic heterocycles. The summed E-state index contributed by atoms with van der Waals surface area (Å²) in [5, 5.41) is 3.08. The zero-order valence-corrected chi connectivity index (χ0v) is 22.2. The van der Waals surface area contributed by atoms with Crippen molar-refractivity contribution >= 4 is 10.8 Å². The summed E-state index contributed by atoms with van der Waals surface area (Å²) in [6, 6.07) is 9.35. The van der Waals surface area contributed by atoms with Crippen molar-refractivity contribution in [3.8, 4) is 0 Å². The largest absolute Gasteiger partial charge is 0.0651 e. The fourth-order valence-corrected chi connectivity index (χ4v) is 7.38. The van der Waals surface area contributed by atoms with Gasteiger partial charge < -0.3 is 0 Å². The molecule has 3 aromatic carbocycles. The van der Waals surface area contributed by atoms with Crippen molar-refractivity contribution in [1.29, 1.82) is 0 Å². The van der Waals surface area contributed by atoms with Crippen molar-refractivity contribution in [3.05, 3.63) is 79.9 Å². The molecule has 5 rings (SSSR count). The van der Waals surface area contributed by atoms with Gasteiger partial charge in [-0.15, -0.1) is 0 Å². The highest BCUT2D eigenvalue weighted by molar-refractivity contribution is 5.92. The number of benzene rings is 3. The Morgan fingerprint density at radius 2 is 0.824 bits per heavy atom. The minimum Gasteiger partial charge on any atom is -0.0651 e. The first-order chi connectivity index (χ1) is 16.7. The molecule has 180 valence electrons. The van der Waals surface area contributed by atoms with Crippen LogP contribution in [0, 0.1) is 0 Å². The third-order valence-electron chi connectivity index (χ3n) is 8.67. The third-order valence-corrected chi connectivity index (χ3v) is 8.67. The molecule has 0 bridgehead atoms. The average molecular weight is 453 g/mol. The Kier molecular flexibility index (Phi) is 7.14. The molecule has 0 N–H and O–H groups in total. The summed E-state index contributed by atoms with van der Waals surface area (Å²) in [5.74, 6) is 0. The van der Waals surface area contributed by atoms with Gasteiger partial charge in [-0.25, -0.2) is 0 Å². The van der Waals surface area contributed by atoms with E-state index < -0.39 is 0 Å². The van der Waals surface area contributed by atoms with Crippen LogP contribution in [0.25, 0.3) is 10.8 Å². The lowest BCUT2D eigenvalue weighted by atomic mass is 9.70. The molecule has 0 atom stereocenters. The van der Waals surface area contributed by atoms with E-state index in [0.29, 0.717) is 0 Å². The van der Waals surface area contributed by atoms with E-state index >= 15 is 0 Å². The Hall–Kier alpha value is -2.08. The zero-order valence-electron chi connectivity index (χ0n) is 22.2. The maximum Gasteiger partial charge on any atom is -0.00141 e. The SMILES string of the molecule is CCCc1c2c(c(CCC)c3c1Cc1c(c(CCC)c4ccccc4c1CCC)C3)CCCC2.